The lowest BCUT2D eigenvalue weighted by Crippen LogP contribution is -2.01. The molecule has 3 rings (SSSR count). The molecule has 0 bridgehead atoms. The highest BCUT2D eigenvalue weighted by molar-refractivity contribution is 7.15. The summed E-state index contributed by atoms with van der Waals surface area (Å²) in [4.78, 5) is 5.55. The summed E-state index contributed by atoms with van der Waals surface area (Å²) in [5.74, 6) is 0. The molecular weight excluding hydrogens is 228 g/mol. The van der Waals surface area contributed by atoms with Gasteiger partial charge < -0.3 is 5.73 Å². The predicted molar refractivity (Wildman–Crippen MR) is 72.1 cm³/mol. The minimum absolute atomic E-state index is 0.537. The van der Waals surface area contributed by atoms with E-state index in [0.29, 0.717) is 6.54 Å². The van der Waals surface area contributed by atoms with Crippen molar-refractivity contribution < 1.29 is 0 Å². The van der Waals surface area contributed by atoms with Crippen molar-refractivity contribution in [3.05, 3.63) is 40.5 Å². The molecule has 1 aromatic heterocycles. The zero-order valence-corrected chi connectivity index (χ0v) is 10.6. The van der Waals surface area contributed by atoms with Crippen LogP contribution in [0.25, 0.3) is 10.4 Å². The van der Waals surface area contributed by atoms with Crippen molar-refractivity contribution in [3.8, 4) is 10.4 Å². The molecule has 0 fully saturated rings. The minimum Gasteiger partial charge on any atom is -0.325 e. The van der Waals surface area contributed by atoms with Crippen molar-refractivity contribution >= 4 is 11.3 Å². The normalized spacial score (nSPS) is 14.6. The van der Waals surface area contributed by atoms with Crippen LogP contribution in [0.15, 0.2) is 24.4 Å². The summed E-state index contributed by atoms with van der Waals surface area (Å²) in [6, 6.07) is 6.84. The molecule has 1 heterocycles. The molecule has 17 heavy (non-hydrogen) atoms. The minimum atomic E-state index is 0.537. The zero-order valence-electron chi connectivity index (χ0n) is 9.78. The van der Waals surface area contributed by atoms with Crippen LogP contribution in [-0.4, -0.2) is 4.98 Å². The number of thiazole rings is 1. The Labute approximate surface area is 106 Å². The van der Waals surface area contributed by atoms with E-state index in [1.54, 1.807) is 11.3 Å². The van der Waals surface area contributed by atoms with Gasteiger partial charge in [-0.25, -0.2) is 4.98 Å². The number of hydrogen-bond donors (Lipinski definition) is 1. The number of nitrogens with zero attached hydrogens (tertiary/aromatic N) is 1. The van der Waals surface area contributed by atoms with Crippen LogP contribution in [0.1, 0.15) is 29.0 Å². The SMILES string of the molecule is NCc1ncc(-c2ccc3c(c2)CCCC3)s1. The van der Waals surface area contributed by atoms with E-state index in [1.165, 1.54) is 47.3 Å². The van der Waals surface area contributed by atoms with E-state index in [4.69, 9.17) is 5.73 Å². The van der Waals surface area contributed by atoms with Gasteiger partial charge >= 0.3 is 0 Å². The summed E-state index contributed by atoms with van der Waals surface area (Å²) < 4.78 is 0. The van der Waals surface area contributed by atoms with Gasteiger partial charge in [-0.15, -0.1) is 11.3 Å². The van der Waals surface area contributed by atoms with Crippen LogP contribution in [0.4, 0.5) is 0 Å². The zero-order chi connectivity index (χ0) is 11.7. The third kappa shape index (κ3) is 2.13. The first-order valence-corrected chi connectivity index (χ1v) is 6.95. The van der Waals surface area contributed by atoms with Crippen LogP contribution in [0.2, 0.25) is 0 Å². The van der Waals surface area contributed by atoms with E-state index in [0.717, 1.165) is 5.01 Å². The van der Waals surface area contributed by atoms with E-state index >= 15 is 0 Å². The van der Waals surface area contributed by atoms with Crippen LogP contribution in [0.3, 0.4) is 0 Å². The van der Waals surface area contributed by atoms with Gasteiger partial charge in [0, 0.05) is 12.7 Å². The molecule has 0 saturated carbocycles. The predicted octanol–water partition coefficient (Wildman–Crippen LogP) is 3.15. The Kier molecular flexibility index (Phi) is 2.95. The van der Waals surface area contributed by atoms with Crippen LogP contribution < -0.4 is 5.73 Å². The van der Waals surface area contributed by atoms with Gasteiger partial charge in [-0.3, -0.25) is 0 Å². The lowest BCUT2D eigenvalue weighted by molar-refractivity contribution is 0.686. The number of hydrogen-bond acceptors (Lipinski definition) is 3. The van der Waals surface area contributed by atoms with Gasteiger partial charge in [-0.2, -0.15) is 0 Å². The van der Waals surface area contributed by atoms with Crippen LogP contribution in [0.5, 0.6) is 0 Å². The number of rotatable bonds is 2. The molecular formula is C14H16N2S. The molecule has 0 unspecified atom stereocenters. The second-order valence-corrected chi connectivity index (χ2v) is 5.63. The quantitative estimate of drug-likeness (QED) is 0.881. The lowest BCUT2D eigenvalue weighted by atomic mass is 9.90. The molecule has 3 heteroatoms. The number of aryl methyl sites for hydroxylation is 2. The third-order valence-corrected chi connectivity index (χ3v) is 4.43. The molecule has 2 nitrogen and oxygen atoms in total. The second-order valence-electron chi connectivity index (χ2n) is 4.51. The largest absolute Gasteiger partial charge is 0.325 e. The Balaban J connectivity index is 1.97. The average Bonchev–Trinajstić information content (AvgIpc) is 2.87. The first-order valence-electron chi connectivity index (χ1n) is 6.14. The fourth-order valence-electron chi connectivity index (χ4n) is 2.42. The maximum atomic E-state index is 5.60. The smallest absolute Gasteiger partial charge is 0.107 e. The maximum absolute atomic E-state index is 5.60. The van der Waals surface area contributed by atoms with Gasteiger partial charge in [0.25, 0.3) is 0 Å². The number of aromatic nitrogens is 1. The van der Waals surface area contributed by atoms with Crippen LogP contribution >= 0.6 is 11.3 Å². The molecule has 0 atom stereocenters. The van der Waals surface area contributed by atoms with Crippen molar-refractivity contribution in [2.75, 3.05) is 0 Å². The van der Waals surface area contributed by atoms with E-state index in [2.05, 4.69) is 23.2 Å². The average molecular weight is 244 g/mol. The molecule has 0 spiro atoms. The monoisotopic (exact) mass is 244 g/mol. The number of benzene rings is 1. The lowest BCUT2D eigenvalue weighted by Gasteiger charge is -2.16. The van der Waals surface area contributed by atoms with E-state index in [-0.39, 0.29) is 0 Å². The second kappa shape index (κ2) is 4.59. The van der Waals surface area contributed by atoms with Crippen LogP contribution in [-0.2, 0) is 19.4 Å². The van der Waals surface area contributed by atoms with Gasteiger partial charge in [0.2, 0.25) is 0 Å². The van der Waals surface area contributed by atoms with Crippen molar-refractivity contribution in [2.45, 2.75) is 32.2 Å². The molecule has 2 N–H and O–H groups in total. The van der Waals surface area contributed by atoms with Gasteiger partial charge in [-0.05, 0) is 42.4 Å². The molecule has 0 aliphatic heterocycles. The topological polar surface area (TPSA) is 38.9 Å². The third-order valence-electron chi connectivity index (χ3n) is 3.36. The first kappa shape index (κ1) is 10.9. The highest BCUT2D eigenvalue weighted by Crippen LogP contribution is 2.30. The molecule has 1 aliphatic carbocycles. The number of nitrogens with two attached hydrogens (primary N) is 1. The molecule has 2 aromatic rings. The van der Waals surface area contributed by atoms with Gasteiger partial charge in [-0.1, -0.05) is 18.2 Å². The van der Waals surface area contributed by atoms with Crippen molar-refractivity contribution in [2.24, 2.45) is 5.73 Å². The number of fused-ring (bicyclic) bond motifs is 1. The van der Waals surface area contributed by atoms with E-state index < -0.39 is 0 Å². The highest BCUT2D eigenvalue weighted by Gasteiger charge is 2.11. The summed E-state index contributed by atoms with van der Waals surface area (Å²) in [5.41, 5.74) is 9.95. The summed E-state index contributed by atoms with van der Waals surface area (Å²) >= 11 is 1.70. The van der Waals surface area contributed by atoms with Crippen LogP contribution in [0, 0.1) is 0 Å². The first-order chi connectivity index (χ1) is 8.36. The van der Waals surface area contributed by atoms with Gasteiger partial charge in [0.15, 0.2) is 0 Å². The standard InChI is InChI=1S/C14H16N2S/c15-8-14-16-9-13(17-14)12-6-5-10-3-1-2-4-11(10)7-12/h5-7,9H,1-4,8,15H2. The van der Waals surface area contributed by atoms with Crippen molar-refractivity contribution in [1.82, 2.24) is 4.98 Å². The maximum Gasteiger partial charge on any atom is 0.107 e. The fraction of sp³-hybridized carbons (Fsp3) is 0.357. The molecule has 0 amide bonds. The van der Waals surface area contributed by atoms with E-state index in [9.17, 15) is 0 Å². The Morgan fingerprint density at radius 2 is 2.00 bits per heavy atom. The molecule has 0 saturated heterocycles. The Bertz CT molecular complexity index is 531. The van der Waals surface area contributed by atoms with Crippen molar-refractivity contribution in [3.63, 3.8) is 0 Å². The molecule has 0 radical (unpaired) electrons. The van der Waals surface area contributed by atoms with Crippen molar-refractivity contribution in [1.29, 1.82) is 0 Å². The fourth-order valence-corrected chi connectivity index (χ4v) is 3.22. The van der Waals surface area contributed by atoms with E-state index in [1.807, 2.05) is 6.20 Å². The Morgan fingerprint density at radius 3 is 2.76 bits per heavy atom. The summed E-state index contributed by atoms with van der Waals surface area (Å²) in [7, 11) is 0. The summed E-state index contributed by atoms with van der Waals surface area (Å²) in [6.45, 7) is 0.537. The Morgan fingerprint density at radius 1 is 1.18 bits per heavy atom. The van der Waals surface area contributed by atoms with Gasteiger partial charge in [0.1, 0.15) is 5.01 Å². The van der Waals surface area contributed by atoms with Gasteiger partial charge in [0.05, 0.1) is 4.88 Å². The molecule has 88 valence electrons. The summed E-state index contributed by atoms with van der Waals surface area (Å²) in [6.07, 6.45) is 7.08. The summed E-state index contributed by atoms with van der Waals surface area (Å²) in [5, 5.41) is 1.01. The highest BCUT2D eigenvalue weighted by atomic mass is 32.1. The molecule has 1 aliphatic rings. The molecule has 1 aromatic carbocycles. The Hall–Kier alpha value is -1.19.